The summed E-state index contributed by atoms with van der Waals surface area (Å²) in [6.45, 7) is 2.72. The van der Waals surface area contributed by atoms with Crippen LogP contribution in [0.4, 0.5) is 10.5 Å². The number of ether oxygens (including phenoxy) is 1. The Labute approximate surface area is 141 Å². The predicted molar refractivity (Wildman–Crippen MR) is 82.7 cm³/mol. The summed E-state index contributed by atoms with van der Waals surface area (Å²) in [7, 11) is 0. The SMILES string of the molecule is CCC1(C)NC(=O)N(CC(=O)Oc2ccc([N+](=O)[O-])c(Cl)c2)C1=O. The van der Waals surface area contributed by atoms with E-state index in [-0.39, 0.29) is 16.5 Å². The summed E-state index contributed by atoms with van der Waals surface area (Å²) >= 11 is 5.72. The lowest BCUT2D eigenvalue weighted by molar-refractivity contribution is -0.384. The molecule has 0 saturated carbocycles. The lowest BCUT2D eigenvalue weighted by atomic mass is 9.99. The van der Waals surface area contributed by atoms with Crippen LogP contribution >= 0.6 is 11.6 Å². The number of esters is 1. The molecule has 1 aromatic rings. The van der Waals surface area contributed by atoms with E-state index >= 15 is 0 Å². The highest BCUT2D eigenvalue weighted by atomic mass is 35.5. The number of halogens is 1. The van der Waals surface area contributed by atoms with E-state index in [1.807, 2.05) is 0 Å². The molecule has 1 saturated heterocycles. The molecule has 1 fully saturated rings. The molecule has 1 aliphatic rings. The summed E-state index contributed by atoms with van der Waals surface area (Å²) in [5.74, 6) is -1.42. The Kier molecular flexibility index (Phi) is 4.74. The lowest BCUT2D eigenvalue weighted by Crippen LogP contribution is -2.43. The van der Waals surface area contributed by atoms with Crippen LogP contribution in [0.5, 0.6) is 5.75 Å². The third-order valence-corrected chi connectivity index (χ3v) is 3.99. The fourth-order valence-corrected chi connectivity index (χ4v) is 2.36. The molecular formula is C14H14ClN3O6. The number of nitro benzene ring substituents is 1. The number of carbonyl (C=O) groups excluding carboxylic acids is 3. The number of benzene rings is 1. The zero-order valence-corrected chi connectivity index (χ0v) is 13.6. The van der Waals surface area contributed by atoms with Crippen molar-refractivity contribution < 1.29 is 24.0 Å². The first-order valence-corrected chi connectivity index (χ1v) is 7.34. The normalized spacial score (nSPS) is 20.0. The molecular weight excluding hydrogens is 342 g/mol. The van der Waals surface area contributed by atoms with Gasteiger partial charge in [-0.3, -0.25) is 19.8 Å². The van der Waals surface area contributed by atoms with Crippen molar-refractivity contribution in [1.82, 2.24) is 10.2 Å². The largest absolute Gasteiger partial charge is 0.425 e. The number of amides is 3. The minimum absolute atomic E-state index is 0.0269. The van der Waals surface area contributed by atoms with Crippen molar-refractivity contribution in [2.45, 2.75) is 25.8 Å². The summed E-state index contributed by atoms with van der Waals surface area (Å²) in [6.07, 6.45) is 0.376. The molecule has 1 N–H and O–H groups in total. The van der Waals surface area contributed by atoms with Gasteiger partial charge in [0.05, 0.1) is 4.92 Å². The molecule has 10 heteroatoms. The van der Waals surface area contributed by atoms with Gasteiger partial charge < -0.3 is 10.1 Å². The number of rotatable bonds is 5. The molecule has 0 bridgehead atoms. The molecule has 0 radical (unpaired) electrons. The van der Waals surface area contributed by atoms with Crippen molar-refractivity contribution in [2.24, 2.45) is 0 Å². The summed E-state index contributed by atoms with van der Waals surface area (Å²) < 4.78 is 4.97. The van der Waals surface area contributed by atoms with Gasteiger partial charge in [-0.05, 0) is 19.4 Å². The van der Waals surface area contributed by atoms with Gasteiger partial charge in [0.2, 0.25) is 0 Å². The monoisotopic (exact) mass is 355 g/mol. The fraction of sp³-hybridized carbons (Fsp3) is 0.357. The number of hydrogen-bond donors (Lipinski definition) is 1. The molecule has 24 heavy (non-hydrogen) atoms. The maximum Gasteiger partial charge on any atom is 0.331 e. The van der Waals surface area contributed by atoms with Crippen LogP contribution < -0.4 is 10.1 Å². The number of imide groups is 1. The van der Waals surface area contributed by atoms with Gasteiger partial charge in [0, 0.05) is 12.1 Å². The van der Waals surface area contributed by atoms with Gasteiger partial charge in [-0.1, -0.05) is 18.5 Å². The molecule has 0 spiro atoms. The molecule has 3 amide bonds. The second kappa shape index (κ2) is 6.44. The zero-order chi connectivity index (χ0) is 18.1. The Bertz CT molecular complexity index is 737. The van der Waals surface area contributed by atoms with Gasteiger partial charge in [0.15, 0.2) is 0 Å². The molecule has 1 heterocycles. The van der Waals surface area contributed by atoms with Crippen LogP contribution in [0.15, 0.2) is 18.2 Å². The van der Waals surface area contributed by atoms with Crippen molar-refractivity contribution >= 4 is 35.2 Å². The first-order chi connectivity index (χ1) is 11.2. The molecule has 0 aromatic heterocycles. The highest BCUT2D eigenvalue weighted by molar-refractivity contribution is 6.32. The van der Waals surface area contributed by atoms with Gasteiger partial charge in [-0.25, -0.2) is 9.59 Å². The van der Waals surface area contributed by atoms with E-state index in [1.54, 1.807) is 13.8 Å². The molecule has 1 aromatic carbocycles. The van der Waals surface area contributed by atoms with Crippen LogP contribution in [0.2, 0.25) is 5.02 Å². The van der Waals surface area contributed by atoms with Gasteiger partial charge in [-0.2, -0.15) is 0 Å². The second-order valence-electron chi connectivity index (χ2n) is 5.35. The van der Waals surface area contributed by atoms with E-state index in [0.29, 0.717) is 6.42 Å². The van der Waals surface area contributed by atoms with Crippen molar-refractivity contribution in [3.05, 3.63) is 33.3 Å². The van der Waals surface area contributed by atoms with Gasteiger partial charge >= 0.3 is 12.0 Å². The van der Waals surface area contributed by atoms with Crippen molar-refractivity contribution in [2.75, 3.05) is 6.54 Å². The number of nitrogens with one attached hydrogen (secondary N) is 1. The minimum Gasteiger partial charge on any atom is -0.425 e. The van der Waals surface area contributed by atoms with E-state index < -0.39 is 34.9 Å². The van der Waals surface area contributed by atoms with E-state index in [1.165, 1.54) is 6.07 Å². The Morgan fingerprint density at radius 3 is 2.62 bits per heavy atom. The number of carbonyl (C=O) groups is 3. The molecule has 9 nitrogen and oxygen atoms in total. The number of nitrogens with zero attached hydrogens (tertiary/aromatic N) is 2. The van der Waals surface area contributed by atoms with Crippen LogP contribution in [0, 0.1) is 10.1 Å². The standard InChI is InChI=1S/C14H14ClN3O6/c1-3-14(2)12(20)17(13(21)16-14)7-11(19)24-8-4-5-10(18(22)23)9(15)6-8/h4-6H,3,7H2,1-2H3,(H,16,21). The van der Waals surface area contributed by atoms with Gasteiger partial charge in [-0.15, -0.1) is 0 Å². The van der Waals surface area contributed by atoms with Crippen LogP contribution in [0.3, 0.4) is 0 Å². The van der Waals surface area contributed by atoms with Crippen molar-refractivity contribution in [3.8, 4) is 5.75 Å². The first-order valence-electron chi connectivity index (χ1n) is 6.96. The second-order valence-corrected chi connectivity index (χ2v) is 5.76. The van der Waals surface area contributed by atoms with E-state index in [4.69, 9.17) is 16.3 Å². The Morgan fingerprint density at radius 2 is 2.12 bits per heavy atom. The minimum atomic E-state index is -1.05. The first kappa shape index (κ1) is 17.7. The molecule has 1 atom stereocenters. The Balaban J connectivity index is 2.06. The van der Waals surface area contributed by atoms with Gasteiger partial charge in [0.1, 0.15) is 22.9 Å². The van der Waals surface area contributed by atoms with E-state index in [0.717, 1.165) is 17.0 Å². The topological polar surface area (TPSA) is 119 Å². The number of urea groups is 1. The summed E-state index contributed by atoms with van der Waals surface area (Å²) in [5, 5.41) is 13.0. The number of hydrogen-bond acceptors (Lipinski definition) is 6. The van der Waals surface area contributed by atoms with Crippen LogP contribution in [0.1, 0.15) is 20.3 Å². The highest BCUT2D eigenvalue weighted by Gasteiger charge is 2.47. The predicted octanol–water partition coefficient (Wildman–Crippen LogP) is 1.87. The molecule has 128 valence electrons. The maximum absolute atomic E-state index is 12.2. The molecule has 1 aliphatic heterocycles. The summed E-state index contributed by atoms with van der Waals surface area (Å²) in [6, 6.07) is 2.72. The average molecular weight is 356 g/mol. The summed E-state index contributed by atoms with van der Waals surface area (Å²) in [4.78, 5) is 46.7. The third kappa shape index (κ3) is 3.30. The molecule has 1 unspecified atom stereocenters. The Hall–Kier alpha value is -2.68. The van der Waals surface area contributed by atoms with Crippen molar-refractivity contribution in [1.29, 1.82) is 0 Å². The maximum atomic E-state index is 12.2. The smallest absolute Gasteiger partial charge is 0.331 e. The van der Waals surface area contributed by atoms with Crippen LogP contribution in [-0.4, -0.2) is 39.8 Å². The van der Waals surface area contributed by atoms with Gasteiger partial charge in [0.25, 0.3) is 11.6 Å². The van der Waals surface area contributed by atoms with Crippen molar-refractivity contribution in [3.63, 3.8) is 0 Å². The average Bonchev–Trinajstić information content (AvgIpc) is 2.71. The van der Waals surface area contributed by atoms with Crippen LogP contribution in [-0.2, 0) is 9.59 Å². The van der Waals surface area contributed by atoms with Crippen LogP contribution in [0.25, 0.3) is 0 Å². The number of nitro groups is 1. The zero-order valence-electron chi connectivity index (χ0n) is 12.9. The molecule has 2 rings (SSSR count). The Morgan fingerprint density at radius 1 is 1.46 bits per heavy atom. The van der Waals surface area contributed by atoms with E-state index in [2.05, 4.69) is 5.32 Å². The molecule has 0 aliphatic carbocycles. The van der Waals surface area contributed by atoms with E-state index in [9.17, 15) is 24.5 Å². The fourth-order valence-electron chi connectivity index (χ4n) is 2.12. The quantitative estimate of drug-likeness (QED) is 0.283. The lowest BCUT2D eigenvalue weighted by Gasteiger charge is -2.18. The third-order valence-electron chi connectivity index (χ3n) is 3.69. The summed E-state index contributed by atoms with van der Waals surface area (Å²) in [5.41, 5.74) is -1.38. The highest BCUT2D eigenvalue weighted by Crippen LogP contribution is 2.28.